The molecule has 0 aliphatic carbocycles. The first-order valence-corrected chi connectivity index (χ1v) is 12.8. The van der Waals surface area contributed by atoms with Crippen molar-refractivity contribution in [3.8, 4) is 17.1 Å². The highest BCUT2D eigenvalue weighted by Gasteiger charge is 2.34. The first-order valence-electron chi connectivity index (χ1n) is 11.9. The number of nitrogens with zero attached hydrogens (tertiary/aromatic N) is 5. The van der Waals surface area contributed by atoms with Crippen LogP contribution in [-0.2, 0) is 4.79 Å². The van der Waals surface area contributed by atoms with Crippen LogP contribution in [0.3, 0.4) is 0 Å². The van der Waals surface area contributed by atoms with Gasteiger partial charge < -0.3 is 9.64 Å². The van der Waals surface area contributed by atoms with Gasteiger partial charge in [0.15, 0.2) is 5.69 Å². The van der Waals surface area contributed by atoms with Crippen LogP contribution >= 0.6 is 11.8 Å². The minimum Gasteiger partial charge on any atom is -0.447 e. The van der Waals surface area contributed by atoms with Gasteiger partial charge in [-0.05, 0) is 38.5 Å². The van der Waals surface area contributed by atoms with E-state index in [1.807, 2.05) is 36.4 Å². The Morgan fingerprint density at radius 3 is 2.47 bits per heavy atom. The second-order valence-corrected chi connectivity index (χ2v) is 9.15. The number of hydrogen-bond donors (Lipinski definition) is 0. The summed E-state index contributed by atoms with van der Waals surface area (Å²) in [5.41, 5.74) is 4.06. The van der Waals surface area contributed by atoms with Gasteiger partial charge >= 0.3 is 0 Å². The molecule has 1 atom stereocenters. The first-order chi connectivity index (χ1) is 16.6. The molecule has 1 amide bonds. The highest BCUT2D eigenvalue weighted by molar-refractivity contribution is 7.99. The van der Waals surface area contributed by atoms with Gasteiger partial charge in [0.05, 0.1) is 5.69 Å². The van der Waals surface area contributed by atoms with Gasteiger partial charge in [0.25, 0.3) is 0 Å². The normalized spacial score (nSPS) is 14.6. The molecule has 4 rings (SSSR count). The predicted molar refractivity (Wildman–Crippen MR) is 137 cm³/mol. The van der Waals surface area contributed by atoms with Crippen LogP contribution in [-0.4, -0.2) is 39.9 Å². The molecule has 0 bridgehead atoms. The standard InChI is InChI=1S/C26H31N5O2S/c1-5-8-17-34-26-27-24-23(28-29-26)21-11-9-10-12-22(21)31(18(4)32)25(33-24)19-13-15-20(16-14-19)30(6-2)7-3/h9-16,25H,5-8,17H2,1-4H3/t25-/m1/s1. The van der Waals surface area contributed by atoms with Gasteiger partial charge in [-0.1, -0.05) is 55.4 Å². The molecule has 0 saturated heterocycles. The molecule has 1 aliphatic heterocycles. The van der Waals surface area contributed by atoms with E-state index in [2.05, 4.69) is 48.0 Å². The largest absolute Gasteiger partial charge is 0.447 e. The quantitative estimate of drug-likeness (QED) is 0.303. The van der Waals surface area contributed by atoms with Crippen molar-refractivity contribution in [3.63, 3.8) is 0 Å². The van der Waals surface area contributed by atoms with Gasteiger partial charge in [-0.15, -0.1) is 10.2 Å². The van der Waals surface area contributed by atoms with E-state index in [9.17, 15) is 4.79 Å². The van der Waals surface area contributed by atoms with E-state index >= 15 is 0 Å². The van der Waals surface area contributed by atoms with E-state index in [1.54, 1.807) is 23.6 Å². The number of amides is 1. The summed E-state index contributed by atoms with van der Waals surface area (Å²) in [4.78, 5) is 21.6. The Bertz CT molecular complexity index is 1130. The number of aromatic nitrogens is 3. The average Bonchev–Trinajstić information content (AvgIpc) is 3.00. The summed E-state index contributed by atoms with van der Waals surface area (Å²) in [5, 5.41) is 9.39. The molecule has 3 aromatic rings. The number of carbonyl (C=O) groups is 1. The number of hydrogen-bond acceptors (Lipinski definition) is 7. The molecule has 0 spiro atoms. The predicted octanol–water partition coefficient (Wildman–Crippen LogP) is 5.72. The third kappa shape index (κ3) is 4.87. The number of thioether (sulfide) groups is 1. The second-order valence-electron chi connectivity index (χ2n) is 8.09. The van der Waals surface area contributed by atoms with E-state index in [0.29, 0.717) is 16.7 Å². The molecule has 1 aliphatic rings. The number of para-hydroxylation sites is 1. The molecule has 0 N–H and O–H groups in total. The molecule has 2 heterocycles. The monoisotopic (exact) mass is 477 g/mol. The van der Waals surface area contributed by atoms with Crippen molar-refractivity contribution in [1.82, 2.24) is 15.2 Å². The van der Waals surface area contributed by atoms with Crippen LogP contribution in [0.5, 0.6) is 5.88 Å². The van der Waals surface area contributed by atoms with E-state index in [4.69, 9.17) is 9.72 Å². The van der Waals surface area contributed by atoms with Crippen LogP contribution in [0, 0.1) is 0 Å². The van der Waals surface area contributed by atoms with Crippen LogP contribution in [0.2, 0.25) is 0 Å². The summed E-state index contributed by atoms with van der Waals surface area (Å²) >= 11 is 1.57. The Hall–Kier alpha value is -3.13. The number of fused-ring (bicyclic) bond motifs is 3. The number of rotatable bonds is 8. The van der Waals surface area contributed by atoms with Gasteiger partial charge in [-0.2, -0.15) is 4.98 Å². The molecule has 0 radical (unpaired) electrons. The Labute approximate surface area is 205 Å². The molecule has 1 aromatic heterocycles. The van der Waals surface area contributed by atoms with E-state index in [0.717, 1.165) is 54.2 Å². The summed E-state index contributed by atoms with van der Waals surface area (Å²) in [6, 6.07) is 15.9. The first kappa shape index (κ1) is 24.0. The van der Waals surface area contributed by atoms with Crippen LogP contribution < -0.4 is 14.5 Å². The lowest BCUT2D eigenvalue weighted by molar-refractivity contribution is -0.118. The molecule has 34 heavy (non-hydrogen) atoms. The van der Waals surface area contributed by atoms with Crippen molar-refractivity contribution in [2.24, 2.45) is 0 Å². The lowest BCUT2D eigenvalue weighted by Gasteiger charge is -2.30. The number of carbonyl (C=O) groups excluding carboxylic acids is 1. The summed E-state index contributed by atoms with van der Waals surface area (Å²) in [5.74, 6) is 1.19. The number of benzene rings is 2. The molecule has 0 fully saturated rings. The SMILES string of the molecule is CCCCSc1nnc2c(n1)O[C@H](c1ccc(N(CC)CC)cc1)N(C(C)=O)c1ccccc1-2. The molecular formula is C26H31N5O2S. The van der Waals surface area contributed by atoms with Crippen LogP contribution in [0.1, 0.15) is 52.3 Å². The van der Waals surface area contributed by atoms with Crippen molar-refractivity contribution in [2.45, 2.75) is 51.9 Å². The highest BCUT2D eigenvalue weighted by Crippen LogP contribution is 2.43. The van der Waals surface area contributed by atoms with Crippen LogP contribution in [0.4, 0.5) is 11.4 Å². The van der Waals surface area contributed by atoms with Gasteiger partial charge in [0.2, 0.25) is 23.2 Å². The zero-order valence-corrected chi connectivity index (χ0v) is 21.0. The molecule has 178 valence electrons. The molecule has 0 saturated carbocycles. The third-order valence-electron chi connectivity index (χ3n) is 5.89. The smallest absolute Gasteiger partial charge is 0.247 e. The minimum atomic E-state index is -0.671. The van der Waals surface area contributed by atoms with Crippen molar-refractivity contribution >= 4 is 29.0 Å². The Morgan fingerprint density at radius 2 is 1.79 bits per heavy atom. The fourth-order valence-electron chi connectivity index (χ4n) is 4.08. The topological polar surface area (TPSA) is 71.5 Å². The van der Waals surface area contributed by atoms with Crippen molar-refractivity contribution in [1.29, 1.82) is 0 Å². The van der Waals surface area contributed by atoms with E-state index < -0.39 is 6.23 Å². The van der Waals surface area contributed by atoms with Gasteiger partial charge in [0.1, 0.15) is 0 Å². The molecule has 8 heteroatoms. The minimum absolute atomic E-state index is 0.122. The number of ether oxygens (including phenoxy) is 1. The average molecular weight is 478 g/mol. The Balaban J connectivity index is 1.79. The van der Waals surface area contributed by atoms with E-state index in [-0.39, 0.29) is 5.91 Å². The van der Waals surface area contributed by atoms with Crippen molar-refractivity contribution in [2.75, 3.05) is 28.6 Å². The summed E-state index contributed by atoms with van der Waals surface area (Å²) < 4.78 is 6.46. The zero-order valence-electron chi connectivity index (χ0n) is 20.2. The summed E-state index contributed by atoms with van der Waals surface area (Å²) in [7, 11) is 0. The lowest BCUT2D eigenvalue weighted by atomic mass is 10.1. The zero-order chi connectivity index (χ0) is 24.1. The van der Waals surface area contributed by atoms with Crippen molar-refractivity contribution in [3.05, 3.63) is 54.1 Å². The second kappa shape index (κ2) is 10.9. The maximum atomic E-state index is 12.9. The number of anilines is 2. The summed E-state index contributed by atoms with van der Waals surface area (Å²) in [6.07, 6.45) is 1.51. The molecule has 7 nitrogen and oxygen atoms in total. The van der Waals surface area contributed by atoms with Gasteiger partial charge in [-0.25, -0.2) is 0 Å². The molecule has 2 aromatic carbocycles. The fraction of sp³-hybridized carbons (Fsp3) is 0.385. The van der Waals surface area contributed by atoms with Gasteiger partial charge in [0, 0.05) is 42.6 Å². The van der Waals surface area contributed by atoms with Crippen molar-refractivity contribution < 1.29 is 9.53 Å². The van der Waals surface area contributed by atoms with E-state index in [1.165, 1.54) is 0 Å². The maximum Gasteiger partial charge on any atom is 0.247 e. The lowest BCUT2D eigenvalue weighted by Crippen LogP contribution is -2.36. The summed E-state index contributed by atoms with van der Waals surface area (Å²) in [6.45, 7) is 9.84. The van der Waals surface area contributed by atoms with Gasteiger partial charge in [-0.3, -0.25) is 9.69 Å². The Kier molecular flexibility index (Phi) is 7.67. The third-order valence-corrected chi connectivity index (χ3v) is 6.81. The highest BCUT2D eigenvalue weighted by atomic mass is 32.2. The Morgan fingerprint density at radius 1 is 1.06 bits per heavy atom. The number of unbranched alkanes of at least 4 members (excludes halogenated alkanes) is 1. The van der Waals surface area contributed by atoms with Crippen LogP contribution in [0.15, 0.2) is 53.7 Å². The molecule has 0 unspecified atom stereocenters. The fourth-order valence-corrected chi connectivity index (χ4v) is 4.94. The maximum absolute atomic E-state index is 12.9. The van der Waals surface area contributed by atoms with Crippen LogP contribution in [0.25, 0.3) is 11.3 Å². The molecular weight excluding hydrogens is 446 g/mol.